The van der Waals surface area contributed by atoms with Crippen LogP contribution in [0.25, 0.3) is 0 Å². The lowest BCUT2D eigenvalue weighted by molar-refractivity contribution is -0.000897. The summed E-state index contributed by atoms with van der Waals surface area (Å²) in [5, 5.41) is 7.26. The van der Waals surface area contributed by atoms with Crippen molar-refractivity contribution in [2.24, 2.45) is 0 Å². The molecule has 1 atom stereocenters. The standard InChI is InChI=1S/C20H24N4O3/c1-3-24-14(2)16(11-22-24)19(26)23-10-6-9-20(13-23)12-21-18(25)15-7-4-5-8-17(15)27-20/h4-5,7-8,11H,3,6,9-10,12-13H2,1-2H3,(H,21,25)/t20-/m0/s1. The van der Waals surface area contributed by atoms with Gasteiger partial charge in [-0.1, -0.05) is 12.1 Å². The van der Waals surface area contributed by atoms with Gasteiger partial charge in [0, 0.05) is 18.8 Å². The molecule has 2 aliphatic heterocycles. The number of carbonyl (C=O) groups is 2. The summed E-state index contributed by atoms with van der Waals surface area (Å²) < 4.78 is 8.16. The van der Waals surface area contributed by atoms with Gasteiger partial charge in [0.1, 0.15) is 11.4 Å². The van der Waals surface area contributed by atoms with Gasteiger partial charge in [0.25, 0.3) is 11.8 Å². The van der Waals surface area contributed by atoms with Crippen molar-refractivity contribution in [2.45, 2.75) is 38.8 Å². The van der Waals surface area contributed by atoms with Crippen molar-refractivity contribution in [3.8, 4) is 5.75 Å². The largest absolute Gasteiger partial charge is 0.483 e. The molecular weight excluding hydrogens is 344 g/mol. The van der Waals surface area contributed by atoms with Crippen molar-refractivity contribution < 1.29 is 14.3 Å². The van der Waals surface area contributed by atoms with E-state index in [1.165, 1.54) is 0 Å². The molecule has 0 radical (unpaired) electrons. The van der Waals surface area contributed by atoms with Crippen LogP contribution in [0.3, 0.4) is 0 Å². The third-order valence-electron chi connectivity index (χ3n) is 5.49. The quantitative estimate of drug-likeness (QED) is 0.880. The van der Waals surface area contributed by atoms with E-state index in [4.69, 9.17) is 4.74 Å². The number of aromatic nitrogens is 2. The first-order valence-corrected chi connectivity index (χ1v) is 9.41. The molecule has 1 fully saturated rings. The van der Waals surface area contributed by atoms with Gasteiger partial charge in [0.05, 0.1) is 30.4 Å². The molecule has 0 aliphatic carbocycles. The van der Waals surface area contributed by atoms with E-state index in [0.29, 0.717) is 36.5 Å². The molecule has 0 saturated carbocycles. The maximum atomic E-state index is 13.1. The number of piperidine rings is 1. The second-order valence-electron chi connectivity index (χ2n) is 7.25. The first kappa shape index (κ1) is 17.6. The van der Waals surface area contributed by atoms with Crippen molar-refractivity contribution in [1.82, 2.24) is 20.0 Å². The van der Waals surface area contributed by atoms with Gasteiger partial charge in [-0.25, -0.2) is 0 Å². The molecule has 7 nitrogen and oxygen atoms in total. The Kier molecular flexibility index (Phi) is 4.37. The summed E-state index contributed by atoms with van der Waals surface area (Å²) in [7, 11) is 0. The van der Waals surface area contributed by atoms with E-state index in [1.807, 2.05) is 41.6 Å². The smallest absolute Gasteiger partial charge is 0.257 e. The third-order valence-corrected chi connectivity index (χ3v) is 5.49. The Morgan fingerprint density at radius 3 is 2.96 bits per heavy atom. The average Bonchev–Trinajstić information content (AvgIpc) is 3.00. The van der Waals surface area contributed by atoms with Crippen LogP contribution in [0.15, 0.2) is 30.5 Å². The van der Waals surface area contributed by atoms with E-state index in [0.717, 1.165) is 25.1 Å². The number of nitrogens with zero attached hydrogens (tertiary/aromatic N) is 3. The van der Waals surface area contributed by atoms with Crippen LogP contribution in [-0.4, -0.2) is 51.7 Å². The first-order chi connectivity index (χ1) is 13.0. The average molecular weight is 368 g/mol. The Morgan fingerprint density at radius 1 is 1.37 bits per heavy atom. The Morgan fingerprint density at radius 2 is 2.19 bits per heavy atom. The number of fused-ring (bicyclic) bond motifs is 1. The van der Waals surface area contributed by atoms with E-state index in [-0.39, 0.29) is 11.8 Å². The van der Waals surface area contributed by atoms with E-state index < -0.39 is 5.60 Å². The van der Waals surface area contributed by atoms with Gasteiger partial charge in [0.2, 0.25) is 0 Å². The van der Waals surface area contributed by atoms with Crippen LogP contribution in [0, 0.1) is 6.92 Å². The number of aryl methyl sites for hydroxylation is 1. The number of carbonyl (C=O) groups excluding carboxylic acids is 2. The molecule has 1 aromatic carbocycles. The van der Waals surface area contributed by atoms with Gasteiger partial charge in [-0.3, -0.25) is 14.3 Å². The van der Waals surface area contributed by atoms with Crippen LogP contribution in [0.5, 0.6) is 5.75 Å². The van der Waals surface area contributed by atoms with Gasteiger partial charge in [0.15, 0.2) is 0 Å². The van der Waals surface area contributed by atoms with Crippen molar-refractivity contribution in [2.75, 3.05) is 19.6 Å². The van der Waals surface area contributed by atoms with Crippen LogP contribution in [0.1, 0.15) is 46.2 Å². The van der Waals surface area contributed by atoms with Crippen LogP contribution in [0.4, 0.5) is 0 Å². The summed E-state index contributed by atoms with van der Waals surface area (Å²) in [4.78, 5) is 27.3. The minimum Gasteiger partial charge on any atom is -0.483 e. The van der Waals surface area contributed by atoms with E-state index >= 15 is 0 Å². The molecule has 1 aromatic heterocycles. The fraction of sp³-hybridized carbons (Fsp3) is 0.450. The van der Waals surface area contributed by atoms with Crippen LogP contribution in [0.2, 0.25) is 0 Å². The van der Waals surface area contributed by atoms with E-state index in [9.17, 15) is 9.59 Å². The summed E-state index contributed by atoms with van der Waals surface area (Å²) in [6.45, 7) is 6.16. The number of benzene rings is 1. The Bertz CT molecular complexity index is 891. The second kappa shape index (κ2) is 6.72. The monoisotopic (exact) mass is 368 g/mol. The summed E-state index contributed by atoms with van der Waals surface area (Å²) in [5.41, 5.74) is 1.44. The molecule has 142 valence electrons. The van der Waals surface area contributed by atoms with Gasteiger partial charge >= 0.3 is 0 Å². The van der Waals surface area contributed by atoms with Crippen molar-refractivity contribution >= 4 is 11.8 Å². The summed E-state index contributed by atoms with van der Waals surface area (Å²) in [6, 6.07) is 7.26. The minimum absolute atomic E-state index is 0.0290. The first-order valence-electron chi connectivity index (χ1n) is 9.41. The molecule has 27 heavy (non-hydrogen) atoms. The number of hydrogen-bond acceptors (Lipinski definition) is 4. The Balaban J connectivity index is 1.60. The molecule has 1 saturated heterocycles. The van der Waals surface area contributed by atoms with E-state index in [1.54, 1.807) is 12.3 Å². The molecule has 7 heteroatoms. The Hall–Kier alpha value is -2.83. The molecule has 0 bridgehead atoms. The number of rotatable bonds is 2. The minimum atomic E-state index is -0.606. The molecule has 2 aliphatic rings. The van der Waals surface area contributed by atoms with Gasteiger partial charge in [-0.2, -0.15) is 5.10 Å². The highest BCUT2D eigenvalue weighted by Gasteiger charge is 2.42. The van der Waals surface area contributed by atoms with Gasteiger partial charge < -0.3 is 15.0 Å². The fourth-order valence-electron chi connectivity index (χ4n) is 3.99. The summed E-state index contributed by atoms with van der Waals surface area (Å²) in [5.74, 6) is 0.418. The molecule has 2 amide bonds. The summed E-state index contributed by atoms with van der Waals surface area (Å²) >= 11 is 0. The normalized spacial score (nSPS) is 22.0. The zero-order chi connectivity index (χ0) is 19.0. The predicted octanol–water partition coefficient (Wildman–Crippen LogP) is 2.01. The number of hydrogen-bond donors (Lipinski definition) is 1. The number of nitrogens with one attached hydrogen (secondary N) is 1. The molecule has 1 N–H and O–H groups in total. The molecule has 4 rings (SSSR count). The highest BCUT2D eigenvalue weighted by molar-refractivity contribution is 5.97. The number of para-hydroxylation sites is 1. The SMILES string of the molecule is CCn1ncc(C(=O)N2CCC[C@]3(CNC(=O)c4ccccc4O3)C2)c1C. The molecule has 1 spiro atoms. The lowest BCUT2D eigenvalue weighted by Crippen LogP contribution is -2.57. The highest BCUT2D eigenvalue weighted by Crippen LogP contribution is 2.32. The lowest BCUT2D eigenvalue weighted by Gasteiger charge is -2.42. The van der Waals surface area contributed by atoms with E-state index in [2.05, 4.69) is 10.4 Å². The summed E-state index contributed by atoms with van der Waals surface area (Å²) in [6.07, 6.45) is 3.26. The second-order valence-corrected chi connectivity index (χ2v) is 7.25. The van der Waals surface area contributed by atoms with Gasteiger partial charge in [-0.05, 0) is 38.8 Å². The maximum absolute atomic E-state index is 13.1. The molecular formula is C20H24N4O3. The number of amides is 2. The van der Waals surface area contributed by atoms with Crippen LogP contribution in [-0.2, 0) is 6.54 Å². The fourth-order valence-corrected chi connectivity index (χ4v) is 3.99. The molecule has 2 aromatic rings. The van der Waals surface area contributed by atoms with Crippen molar-refractivity contribution in [3.05, 3.63) is 47.3 Å². The zero-order valence-corrected chi connectivity index (χ0v) is 15.7. The lowest BCUT2D eigenvalue weighted by atomic mass is 9.91. The third kappa shape index (κ3) is 3.07. The maximum Gasteiger partial charge on any atom is 0.257 e. The predicted molar refractivity (Wildman–Crippen MR) is 99.9 cm³/mol. The highest BCUT2D eigenvalue weighted by atomic mass is 16.5. The number of ether oxygens (including phenoxy) is 1. The zero-order valence-electron chi connectivity index (χ0n) is 15.7. The van der Waals surface area contributed by atoms with Gasteiger partial charge in [-0.15, -0.1) is 0 Å². The van der Waals surface area contributed by atoms with Crippen LogP contribution < -0.4 is 10.1 Å². The van der Waals surface area contributed by atoms with Crippen molar-refractivity contribution in [1.29, 1.82) is 0 Å². The van der Waals surface area contributed by atoms with Crippen LogP contribution >= 0.6 is 0 Å². The number of likely N-dealkylation sites (tertiary alicyclic amines) is 1. The Labute approximate surface area is 158 Å². The topological polar surface area (TPSA) is 76.5 Å². The van der Waals surface area contributed by atoms with Crippen molar-refractivity contribution in [3.63, 3.8) is 0 Å². The molecule has 3 heterocycles. The molecule has 0 unspecified atom stereocenters.